The van der Waals surface area contributed by atoms with Gasteiger partial charge in [-0.25, -0.2) is 17.9 Å². The van der Waals surface area contributed by atoms with Crippen LogP contribution in [0.25, 0.3) is 0 Å². The van der Waals surface area contributed by atoms with Gasteiger partial charge in [-0.3, -0.25) is 0 Å². The Bertz CT molecular complexity index is 623. The third-order valence-electron chi connectivity index (χ3n) is 3.79. The van der Waals surface area contributed by atoms with Gasteiger partial charge in [-0.15, -0.1) is 11.3 Å². The summed E-state index contributed by atoms with van der Waals surface area (Å²) in [7, 11) is -3.88. The first kappa shape index (κ1) is 16.4. The molecule has 2 atom stereocenters. The Balaban J connectivity index is 2.15. The van der Waals surface area contributed by atoms with Gasteiger partial charge in [0.2, 0.25) is 10.0 Å². The van der Waals surface area contributed by atoms with E-state index in [1.807, 2.05) is 0 Å². The maximum absolute atomic E-state index is 12.3. The number of hydrogen-bond donors (Lipinski definition) is 3. The first-order valence-electron chi connectivity index (χ1n) is 6.82. The van der Waals surface area contributed by atoms with Gasteiger partial charge in [-0.1, -0.05) is 12.8 Å². The lowest BCUT2D eigenvalue weighted by Crippen LogP contribution is -2.37. The summed E-state index contributed by atoms with van der Waals surface area (Å²) in [4.78, 5) is 10.8. The molecule has 1 fully saturated rings. The Labute approximate surface area is 127 Å². The molecule has 0 spiro atoms. The highest BCUT2D eigenvalue weighted by Crippen LogP contribution is 2.28. The van der Waals surface area contributed by atoms with E-state index >= 15 is 0 Å². The number of carbonyl (C=O) groups is 1. The summed E-state index contributed by atoms with van der Waals surface area (Å²) >= 11 is 0.905. The fourth-order valence-corrected chi connectivity index (χ4v) is 5.35. The quantitative estimate of drug-likeness (QED) is 0.759. The lowest BCUT2D eigenvalue weighted by atomic mass is 9.87. The largest absolute Gasteiger partial charge is 0.477 e. The number of rotatable bonds is 5. The Hall–Kier alpha value is -0.960. The molecule has 21 heavy (non-hydrogen) atoms. The van der Waals surface area contributed by atoms with Crippen molar-refractivity contribution in [3.05, 3.63) is 15.8 Å². The van der Waals surface area contributed by atoms with Crippen LogP contribution in [0.1, 0.15) is 40.9 Å². The first-order valence-corrected chi connectivity index (χ1v) is 9.18. The van der Waals surface area contributed by atoms with Crippen LogP contribution in [0.4, 0.5) is 0 Å². The van der Waals surface area contributed by atoms with Gasteiger partial charge in [0.15, 0.2) is 0 Å². The van der Waals surface area contributed by atoms with E-state index in [4.69, 9.17) is 5.11 Å². The fraction of sp³-hybridized carbons (Fsp3) is 0.615. The zero-order valence-corrected chi connectivity index (χ0v) is 13.3. The molecule has 0 aromatic carbocycles. The summed E-state index contributed by atoms with van der Waals surface area (Å²) in [6.45, 7) is 1.71. The number of hydrogen-bond acceptors (Lipinski definition) is 5. The Morgan fingerprint density at radius 2 is 2.10 bits per heavy atom. The summed E-state index contributed by atoms with van der Waals surface area (Å²) < 4.78 is 27.1. The van der Waals surface area contributed by atoms with Crippen LogP contribution in [0.2, 0.25) is 0 Å². The van der Waals surface area contributed by atoms with Gasteiger partial charge in [0.05, 0.1) is 6.10 Å². The second-order valence-corrected chi connectivity index (χ2v) is 7.93. The normalized spacial score (nSPS) is 23.1. The van der Waals surface area contributed by atoms with Gasteiger partial charge in [-0.05, 0) is 36.6 Å². The van der Waals surface area contributed by atoms with Crippen molar-refractivity contribution in [3.8, 4) is 0 Å². The molecular weight excluding hydrogens is 314 g/mol. The zero-order valence-electron chi connectivity index (χ0n) is 11.7. The van der Waals surface area contributed by atoms with Gasteiger partial charge < -0.3 is 10.2 Å². The molecule has 1 aromatic rings. The van der Waals surface area contributed by atoms with Crippen molar-refractivity contribution in [2.24, 2.45) is 5.92 Å². The highest BCUT2D eigenvalue weighted by molar-refractivity contribution is 7.89. The van der Waals surface area contributed by atoms with Crippen molar-refractivity contribution >= 4 is 27.3 Å². The van der Waals surface area contributed by atoms with Gasteiger partial charge in [0.1, 0.15) is 9.77 Å². The summed E-state index contributed by atoms with van der Waals surface area (Å²) in [5.74, 6) is -1.35. The summed E-state index contributed by atoms with van der Waals surface area (Å²) in [6, 6.07) is 0. The predicted molar refractivity (Wildman–Crippen MR) is 79.2 cm³/mol. The van der Waals surface area contributed by atoms with E-state index < -0.39 is 22.1 Å². The Morgan fingerprint density at radius 3 is 2.71 bits per heavy atom. The molecule has 118 valence electrons. The van der Waals surface area contributed by atoms with Gasteiger partial charge in [0.25, 0.3) is 0 Å². The first-order chi connectivity index (χ1) is 9.83. The van der Waals surface area contributed by atoms with Gasteiger partial charge in [-0.2, -0.15) is 0 Å². The Kier molecular flexibility index (Phi) is 5.03. The van der Waals surface area contributed by atoms with Crippen LogP contribution in [0, 0.1) is 12.8 Å². The van der Waals surface area contributed by atoms with Crippen molar-refractivity contribution < 1.29 is 23.4 Å². The van der Waals surface area contributed by atoms with Crippen molar-refractivity contribution in [3.63, 3.8) is 0 Å². The zero-order chi connectivity index (χ0) is 15.6. The summed E-state index contributed by atoms with van der Waals surface area (Å²) in [5, 5.41) is 20.5. The number of thiophene rings is 1. The molecule has 1 aromatic heterocycles. The van der Waals surface area contributed by atoms with Crippen LogP contribution in [0.15, 0.2) is 10.3 Å². The van der Waals surface area contributed by atoms with E-state index in [2.05, 4.69) is 4.72 Å². The monoisotopic (exact) mass is 333 g/mol. The number of carboxylic acid groups (broad SMARTS) is 1. The second kappa shape index (κ2) is 6.43. The molecule has 1 aliphatic carbocycles. The molecule has 1 saturated carbocycles. The summed E-state index contributed by atoms with van der Waals surface area (Å²) in [6.07, 6.45) is 2.89. The van der Waals surface area contributed by atoms with E-state index in [-0.39, 0.29) is 22.2 Å². The number of sulfonamides is 1. The average Bonchev–Trinajstić information content (AvgIpc) is 2.81. The smallest absolute Gasteiger partial charge is 0.347 e. The van der Waals surface area contributed by atoms with E-state index in [1.54, 1.807) is 6.92 Å². The molecule has 1 aliphatic rings. The highest BCUT2D eigenvalue weighted by atomic mass is 32.2. The summed E-state index contributed by atoms with van der Waals surface area (Å²) in [5.41, 5.74) is 0.425. The number of aryl methyl sites for hydroxylation is 1. The molecule has 2 rings (SSSR count). The number of aliphatic hydroxyl groups is 1. The minimum atomic E-state index is -3.88. The molecule has 0 bridgehead atoms. The Morgan fingerprint density at radius 1 is 1.43 bits per heavy atom. The minimum absolute atomic E-state index is 0.110. The van der Waals surface area contributed by atoms with Crippen molar-refractivity contribution in [2.45, 2.75) is 43.6 Å². The maximum Gasteiger partial charge on any atom is 0.347 e. The molecule has 3 N–H and O–H groups in total. The second-order valence-electron chi connectivity index (χ2n) is 5.35. The van der Waals surface area contributed by atoms with Crippen LogP contribution in [-0.4, -0.2) is 37.2 Å². The predicted octanol–water partition coefficient (Wildman–Crippen LogP) is 1.58. The molecule has 6 nitrogen and oxygen atoms in total. The molecule has 0 aliphatic heterocycles. The van der Waals surface area contributed by atoms with Gasteiger partial charge >= 0.3 is 5.97 Å². The topological polar surface area (TPSA) is 104 Å². The lowest BCUT2D eigenvalue weighted by Gasteiger charge is -2.27. The molecule has 1 heterocycles. The molecule has 0 saturated heterocycles. The van der Waals surface area contributed by atoms with Crippen LogP contribution in [0.3, 0.4) is 0 Å². The van der Waals surface area contributed by atoms with Crippen LogP contribution in [-0.2, 0) is 10.0 Å². The number of aromatic carboxylic acids is 1. The van der Waals surface area contributed by atoms with Crippen LogP contribution < -0.4 is 4.72 Å². The standard InChI is InChI=1S/C13H19NO5S2/c1-8-7-20-11(13(16)17)12(8)21(18,19)14-6-9-4-2-3-5-10(9)15/h7,9-10,14-15H,2-6H2,1H3,(H,16,17). The molecule has 8 heteroatoms. The SMILES string of the molecule is Cc1csc(C(=O)O)c1S(=O)(=O)NCC1CCCCC1O. The average molecular weight is 333 g/mol. The van der Waals surface area contributed by atoms with Crippen LogP contribution in [0.5, 0.6) is 0 Å². The van der Waals surface area contributed by atoms with E-state index in [1.165, 1.54) is 5.38 Å². The van der Waals surface area contributed by atoms with E-state index in [9.17, 15) is 18.3 Å². The third kappa shape index (κ3) is 3.63. The third-order valence-corrected chi connectivity index (χ3v) is 6.61. The van der Waals surface area contributed by atoms with Crippen LogP contribution >= 0.6 is 11.3 Å². The fourth-order valence-electron chi connectivity index (χ4n) is 2.63. The molecule has 0 amide bonds. The minimum Gasteiger partial charge on any atom is -0.477 e. The van der Waals surface area contributed by atoms with Crippen molar-refractivity contribution in [2.75, 3.05) is 6.54 Å². The molecular formula is C13H19NO5S2. The number of aliphatic hydroxyl groups excluding tert-OH is 1. The number of carboxylic acids is 1. The number of nitrogens with one attached hydrogen (secondary N) is 1. The lowest BCUT2D eigenvalue weighted by molar-refractivity contribution is 0.0695. The van der Waals surface area contributed by atoms with Gasteiger partial charge in [0, 0.05) is 6.54 Å². The van der Waals surface area contributed by atoms with E-state index in [0.29, 0.717) is 12.0 Å². The van der Waals surface area contributed by atoms with Crippen molar-refractivity contribution in [1.82, 2.24) is 4.72 Å². The van der Waals surface area contributed by atoms with Crippen molar-refractivity contribution in [1.29, 1.82) is 0 Å². The van der Waals surface area contributed by atoms with E-state index in [0.717, 1.165) is 30.6 Å². The molecule has 0 radical (unpaired) electrons. The highest BCUT2D eigenvalue weighted by Gasteiger charge is 2.29. The molecule has 2 unspecified atom stereocenters. The maximum atomic E-state index is 12.3.